The van der Waals surface area contributed by atoms with E-state index in [-0.39, 0.29) is 73.0 Å². The molecule has 0 aromatic heterocycles. The summed E-state index contributed by atoms with van der Waals surface area (Å²) in [5.41, 5.74) is 16.0. The van der Waals surface area contributed by atoms with Crippen molar-refractivity contribution in [1.82, 2.24) is 0 Å². The lowest BCUT2D eigenvalue weighted by atomic mass is 9.87. The topological polar surface area (TPSA) is 121 Å². The highest BCUT2D eigenvalue weighted by molar-refractivity contribution is 5.73. The molecule has 0 aliphatic heterocycles. The van der Waals surface area contributed by atoms with Crippen molar-refractivity contribution < 1.29 is 30.6 Å². The van der Waals surface area contributed by atoms with E-state index < -0.39 is 0 Å². The standard InChI is InChI=1S/C60H60O6/c1-31(2)37-13-43-25-45-15-38(32(3)4)17-47(56(45)62)27-49-19-40(34(7)8)21-51(58(49)64)29-53-23-42(36(11)12)24-54(60(53)66)30-52-22-41(35(9)10)20-50(59(52)65)28-48-18-39(33(5)6)16-46(57(48)63)26-44(14-37)55(43)61/h13-24,61-66H,1,3,5,7,9,11,25-30H2,2,4,6,8,10,12H3. The maximum absolute atomic E-state index is 12.1. The van der Waals surface area contributed by atoms with Gasteiger partial charge < -0.3 is 30.6 Å². The van der Waals surface area contributed by atoms with E-state index in [0.717, 1.165) is 66.8 Å². The van der Waals surface area contributed by atoms with Gasteiger partial charge in [-0.2, -0.15) is 0 Å². The molecule has 12 bridgehead atoms. The van der Waals surface area contributed by atoms with Crippen LogP contribution in [0.5, 0.6) is 34.5 Å². The van der Waals surface area contributed by atoms with Gasteiger partial charge in [0.05, 0.1) is 0 Å². The Morgan fingerprint density at radius 2 is 0.333 bits per heavy atom. The van der Waals surface area contributed by atoms with E-state index in [1.807, 2.05) is 114 Å². The number of hydrogen-bond acceptors (Lipinski definition) is 6. The fourth-order valence-corrected chi connectivity index (χ4v) is 8.89. The average Bonchev–Trinajstić information content (AvgIpc) is 3.24. The first-order valence-corrected chi connectivity index (χ1v) is 22.1. The Hall–Kier alpha value is -7.44. The van der Waals surface area contributed by atoms with Crippen molar-refractivity contribution in [3.8, 4) is 34.5 Å². The van der Waals surface area contributed by atoms with Crippen LogP contribution in [0, 0.1) is 0 Å². The van der Waals surface area contributed by atoms with Gasteiger partial charge in [-0.1, -0.05) is 72.9 Å². The Balaban J connectivity index is 1.54. The number of allylic oxidation sites excluding steroid dienone is 6. The summed E-state index contributed by atoms with van der Waals surface area (Å²) < 4.78 is 0. The van der Waals surface area contributed by atoms with E-state index in [0.29, 0.717) is 66.8 Å². The monoisotopic (exact) mass is 876 g/mol. The molecule has 0 saturated heterocycles. The van der Waals surface area contributed by atoms with Gasteiger partial charge in [0, 0.05) is 38.5 Å². The van der Waals surface area contributed by atoms with Crippen LogP contribution < -0.4 is 0 Å². The van der Waals surface area contributed by atoms with Crippen LogP contribution in [0.2, 0.25) is 0 Å². The van der Waals surface area contributed by atoms with Gasteiger partial charge in [-0.3, -0.25) is 0 Å². The number of benzene rings is 6. The normalized spacial score (nSPS) is 12.5. The van der Waals surface area contributed by atoms with E-state index in [1.54, 1.807) is 0 Å². The van der Waals surface area contributed by atoms with E-state index >= 15 is 0 Å². The molecule has 6 heteroatoms. The lowest BCUT2D eigenvalue weighted by molar-refractivity contribution is 0.451. The van der Waals surface area contributed by atoms with Gasteiger partial charge in [-0.25, -0.2) is 0 Å². The molecular weight excluding hydrogens is 817 g/mol. The molecule has 0 fully saturated rings. The van der Waals surface area contributed by atoms with Crippen molar-refractivity contribution in [2.45, 2.75) is 80.1 Å². The minimum absolute atomic E-state index is 0.0203. The number of aromatic hydroxyl groups is 6. The summed E-state index contributed by atoms with van der Waals surface area (Å²) in [5, 5.41) is 72.8. The van der Waals surface area contributed by atoms with Crippen LogP contribution in [0.15, 0.2) is 112 Å². The third-order valence-electron chi connectivity index (χ3n) is 12.8. The molecule has 1 aliphatic rings. The first kappa shape index (κ1) is 46.5. The molecule has 0 amide bonds. The highest BCUT2D eigenvalue weighted by Gasteiger charge is 2.24. The molecule has 0 heterocycles. The molecule has 6 N–H and O–H groups in total. The van der Waals surface area contributed by atoms with Crippen LogP contribution in [-0.4, -0.2) is 30.6 Å². The van der Waals surface area contributed by atoms with Gasteiger partial charge in [0.25, 0.3) is 0 Å². The van der Waals surface area contributed by atoms with Crippen molar-refractivity contribution in [2.24, 2.45) is 0 Å². The fourth-order valence-electron chi connectivity index (χ4n) is 8.89. The summed E-state index contributed by atoms with van der Waals surface area (Å²) >= 11 is 0. The van der Waals surface area contributed by atoms with Crippen LogP contribution in [0.4, 0.5) is 0 Å². The van der Waals surface area contributed by atoms with Crippen LogP contribution >= 0.6 is 0 Å². The van der Waals surface area contributed by atoms with Gasteiger partial charge in [0.2, 0.25) is 0 Å². The van der Waals surface area contributed by atoms with Crippen molar-refractivity contribution in [3.05, 3.63) is 212 Å². The second-order valence-corrected chi connectivity index (χ2v) is 18.6. The molecule has 0 saturated carbocycles. The predicted octanol–water partition coefficient (Wildman–Crippen LogP) is 14.0. The zero-order valence-corrected chi connectivity index (χ0v) is 39.1. The molecule has 6 aromatic carbocycles. The maximum Gasteiger partial charge on any atom is 0.122 e. The fraction of sp³-hybridized carbons (Fsp3) is 0.200. The third-order valence-corrected chi connectivity index (χ3v) is 12.8. The van der Waals surface area contributed by atoms with Crippen molar-refractivity contribution in [2.75, 3.05) is 0 Å². The lowest BCUT2D eigenvalue weighted by Crippen LogP contribution is -2.03. The minimum atomic E-state index is 0.0203. The molecule has 6 aromatic rings. The zero-order valence-electron chi connectivity index (χ0n) is 39.1. The number of phenolic OH excluding ortho intramolecular Hbond substituents is 6. The molecule has 0 radical (unpaired) electrons. The van der Waals surface area contributed by atoms with Gasteiger partial charge >= 0.3 is 0 Å². The van der Waals surface area contributed by atoms with Crippen LogP contribution in [0.3, 0.4) is 0 Å². The number of hydrogen-bond donors (Lipinski definition) is 6. The summed E-state index contributed by atoms with van der Waals surface area (Å²) in [7, 11) is 0. The Morgan fingerprint density at radius 1 is 0.242 bits per heavy atom. The first-order valence-electron chi connectivity index (χ1n) is 22.1. The summed E-state index contributed by atoms with van der Waals surface area (Å²) in [6.07, 6.45) is 0.877. The molecule has 6 nitrogen and oxygen atoms in total. The molecule has 0 atom stereocenters. The van der Waals surface area contributed by atoms with Gasteiger partial charge in [0.15, 0.2) is 0 Å². The van der Waals surface area contributed by atoms with Crippen molar-refractivity contribution in [1.29, 1.82) is 0 Å². The summed E-state index contributed by atoms with van der Waals surface area (Å²) in [5.74, 6) is 0.122. The second kappa shape index (κ2) is 18.2. The Bertz CT molecular complexity index is 2420. The Morgan fingerprint density at radius 3 is 0.409 bits per heavy atom. The number of phenols is 6. The zero-order chi connectivity index (χ0) is 48.0. The minimum Gasteiger partial charge on any atom is -0.507 e. The lowest BCUT2D eigenvalue weighted by Gasteiger charge is -2.20. The van der Waals surface area contributed by atoms with Crippen LogP contribution in [0.25, 0.3) is 33.4 Å². The van der Waals surface area contributed by atoms with Crippen LogP contribution in [-0.2, 0) is 38.5 Å². The van der Waals surface area contributed by atoms with Gasteiger partial charge in [-0.05, 0) is 214 Å². The van der Waals surface area contributed by atoms with E-state index in [2.05, 4.69) is 39.5 Å². The predicted molar refractivity (Wildman–Crippen MR) is 274 cm³/mol. The SMILES string of the molecule is C=C(C)c1cc2c(O)c(c1)Cc1cc(C(=C)C)cc(c1O)Cc1cc(C(=C)C)cc(c1O)Cc1cc(C(=C)C)cc(c1O)Cc1cc(C(=C)C)cc(c1O)Cc1cc(C(=C)C)cc(c1O)C2. The highest BCUT2D eigenvalue weighted by Crippen LogP contribution is 2.42. The van der Waals surface area contributed by atoms with E-state index in [1.165, 1.54) is 0 Å². The van der Waals surface area contributed by atoms with Crippen molar-refractivity contribution >= 4 is 33.4 Å². The summed E-state index contributed by atoms with van der Waals surface area (Å²) in [4.78, 5) is 0. The average molecular weight is 877 g/mol. The number of rotatable bonds is 6. The quantitative estimate of drug-likeness (QED) is 0.0990. The van der Waals surface area contributed by atoms with Crippen molar-refractivity contribution in [3.63, 3.8) is 0 Å². The molecule has 0 unspecified atom stereocenters. The number of fused-ring (bicyclic) bond motifs is 12. The largest absolute Gasteiger partial charge is 0.507 e. The van der Waals surface area contributed by atoms with Crippen LogP contribution in [0.1, 0.15) is 142 Å². The van der Waals surface area contributed by atoms with Gasteiger partial charge in [0.1, 0.15) is 34.5 Å². The van der Waals surface area contributed by atoms with E-state index in [9.17, 15) is 30.6 Å². The molecule has 0 spiro atoms. The summed E-state index contributed by atoms with van der Waals surface area (Å²) in [6.45, 7) is 36.7. The smallest absolute Gasteiger partial charge is 0.122 e. The second-order valence-electron chi connectivity index (χ2n) is 18.6. The molecular formula is C60H60O6. The molecule has 66 heavy (non-hydrogen) atoms. The maximum atomic E-state index is 12.1. The third kappa shape index (κ3) is 9.36. The Labute approximate surface area is 389 Å². The summed E-state index contributed by atoms with van der Waals surface area (Å²) in [6, 6.07) is 22.5. The Kier molecular flexibility index (Phi) is 12.8. The van der Waals surface area contributed by atoms with Gasteiger partial charge in [-0.15, -0.1) is 0 Å². The molecule has 7 rings (SSSR count). The first-order chi connectivity index (χ1) is 31.1. The van der Waals surface area contributed by atoms with E-state index in [4.69, 9.17) is 0 Å². The highest BCUT2D eigenvalue weighted by atomic mass is 16.3. The molecule has 336 valence electrons. The molecule has 1 aliphatic carbocycles.